The third-order valence-corrected chi connectivity index (χ3v) is 4.16. The van der Waals surface area contributed by atoms with Gasteiger partial charge in [0.1, 0.15) is 0 Å². The van der Waals surface area contributed by atoms with Gasteiger partial charge in [-0.1, -0.05) is 26.2 Å². The first-order valence-corrected chi connectivity index (χ1v) is 7.90. The topological polar surface area (TPSA) is 53.9 Å². The van der Waals surface area contributed by atoms with Crippen molar-refractivity contribution < 1.29 is 0 Å². The third-order valence-electron chi connectivity index (χ3n) is 4.16. The highest BCUT2D eigenvalue weighted by Crippen LogP contribution is 2.20. The Morgan fingerprint density at radius 1 is 1.45 bits per heavy atom. The second kappa shape index (κ2) is 7.84. The Labute approximate surface area is 133 Å². The van der Waals surface area contributed by atoms with Crippen molar-refractivity contribution in [3.63, 3.8) is 0 Å². The molecule has 22 heavy (non-hydrogen) atoms. The van der Waals surface area contributed by atoms with E-state index in [9.17, 15) is 0 Å². The molecule has 5 nitrogen and oxygen atoms in total. The molecule has 2 rings (SSSR count). The molecule has 1 aromatic rings. The monoisotopic (exact) mass is 301 g/mol. The van der Waals surface area contributed by atoms with Gasteiger partial charge in [0.05, 0.1) is 5.69 Å². The number of aromatic nitrogens is 2. The number of nitrogens with one attached hydrogen (secondary N) is 3. The maximum absolute atomic E-state index is 4.62. The van der Waals surface area contributed by atoms with Gasteiger partial charge in [-0.15, -0.1) is 0 Å². The van der Waals surface area contributed by atoms with Crippen molar-refractivity contribution in [2.24, 2.45) is 5.92 Å². The average molecular weight is 301 g/mol. The van der Waals surface area contributed by atoms with Crippen LogP contribution in [0, 0.1) is 5.92 Å². The number of fused-ring (bicyclic) bond motifs is 1. The highest BCUT2D eigenvalue weighted by Gasteiger charge is 2.15. The second-order valence-electron chi connectivity index (χ2n) is 5.82. The summed E-state index contributed by atoms with van der Waals surface area (Å²) in [5.41, 5.74) is 9.75. The van der Waals surface area contributed by atoms with Crippen LogP contribution < -0.4 is 16.2 Å². The van der Waals surface area contributed by atoms with E-state index < -0.39 is 0 Å². The van der Waals surface area contributed by atoms with E-state index in [1.54, 1.807) is 6.20 Å². The highest BCUT2D eigenvalue weighted by atomic mass is 15.4. The zero-order valence-electron chi connectivity index (χ0n) is 13.6. The van der Waals surface area contributed by atoms with Crippen molar-refractivity contribution in [3.8, 4) is 0 Å². The quantitative estimate of drug-likeness (QED) is 0.483. The molecule has 0 saturated carbocycles. The van der Waals surface area contributed by atoms with Gasteiger partial charge in [-0.3, -0.25) is 4.68 Å². The van der Waals surface area contributed by atoms with Crippen LogP contribution in [0.3, 0.4) is 0 Å². The molecule has 0 amide bonds. The molecule has 0 aliphatic carbocycles. The largest absolute Gasteiger partial charge is 0.391 e. The van der Waals surface area contributed by atoms with Crippen LogP contribution in [-0.4, -0.2) is 22.4 Å². The van der Waals surface area contributed by atoms with Gasteiger partial charge in [-0.2, -0.15) is 5.10 Å². The van der Waals surface area contributed by atoms with Gasteiger partial charge < -0.3 is 10.7 Å². The van der Waals surface area contributed by atoms with Crippen LogP contribution >= 0.6 is 0 Å². The second-order valence-corrected chi connectivity index (χ2v) is 5.82. The lowest BCUT2D eigenvalue weighted by molar-refractivity contribution is 0.373. The fourth-order valence-corrected chi connectivity index (χ4v) is 2.48. The molecular weight excluding hydrogens is 274 g/mol. The van der Waals surface area contributed by atoms with Crippen LogP contribution in [0.15, 0.2) is 37.7 Å². The highest BCUT2D eigenvalue weighted by molar-refractivity contribution is 5.70. The summed E-state index contributed by atoms with van der Waals surface area (Å²) in [5.74, 6) is 0.475. The van der Waals surface area contributed by atoms with E-state index >= 15 is 0 Å². The van der Waals surface area contributed by atoms with E-state index in [2.05, 4.69) is 59.0 Å². The minimum Gasteiger partial charge on any atom is -0.391 e. The molecule has 120 valence electrons. The number of hydrogen-bond donors (Lipinski definition) is 3. The Morgan fingerprint density at radius 2 is 2.27 bits per heavy atom. The van der Waals surface area contributed by atoms with Crippen molar-refractivity contribution in [2.45, 2.75) is 39.3 Å². The molecule has 0 spiro atoms. The number of hydrazine groups is 1. The van der Waals surface area contributed by atoms with Gasteiger partial charge in [0.15, 0.2) is 0 Å². The van der Waals surface area contributed by atoms with E-state index in [0.29, 0.717) is 12.0 Å². The van der Waals surface area contributed by atoms with Gasteiger partial charge in [0.25, 0.3) is 0 Å². The van der Waals surface area contributed by atoms with Crippen molar-refractivity contribution in [3.05, 3.63) is 49.1 Å². The lowest BCUT2D eigenvalue weighted by Crippen LogP contribution is -2.42. The molecule has 0 fully saturated rings. The summed E-state index contributed by atoms with van der Waals surface area (Å²) in [5, 5.41) is 7.76. The van der Waals surface area contributed by atoms with E-state index in [1.807, 2.05) is 12.3 Å². The van der Waals surface area contributed by atoms with E-state index in [0.717, 1.165) is 30.8 Å². The molecule has 0 aromatic carbocycles. The van der Waals surface area contributed by atoms with Crippen molar-refractivity contribution in [1.82, 2.24) is 25.9 Å². The molecule has 3 N–H and O–H groups in total. The standard InChI is InChI=1S/C17H27N5/c1-5-15(17-10-16-8-7-9-22(16)21-17)12-19-20-14(4)13(3)11-18-6-2/h5-6,10,12-14,18-20H,1-2,7-9,11H2,3-4H3/b15-12+/t13?,14-/m1/s1. The molecule has 2 heterocycles. The molecule has 2 atom stereocenters. The predicted octanol–water partition coefficient (Wildman–Crippen LogP) is 2.21. The van der Waals surface area contributed by atoms with E-state index in [1.165, 1.54) is 12.1 Å². The van der Waals surface area contributed by atoms with Crippen LogP contribution in [-0.2, 0) is 13.0 Å². The van der Waals surface area contributed by atoms with Crippen LogP contribution in [0.5, 0.6) is 0 Å². The summed E-state index contributed by atoms with van der Waals surface area (Å²) < 4.78 is 2.09. The van der Waals surface area contributed by atoms with Gasteiger partial charge in [-0.05, 0) is 37.9 Å². The summed E-state index contributed by atoms with van der Waals surface area (Å²) in [6.45, 7) is 13.8. The van der Waals surface area contributed by atoms with Crippen LogP contribution in [0.1, 0.15) is 31.7 Å². The fraction of sp³-hybridized carbons (Fsp3) is 0.471. The molecule has 1 aliphatic heterocycles. The van der Waals surface area contributed by atoms with Gasteiger partial charge in [0, 0.05) is 36.6 Å². The number of aryl methyl sites for hydroxylation is 2. The van der Waals surface area contributed by atoms with Crippen molar-refractivity contribution in [1.29, 1.82) is 0 Å². The van der Waals surface area contributed by atoms with Crippen LogP contribution in [0.4, 0.5) is 0 Å². The van der Waals surface area contributed by atoms with Crippen LogP contribution in [0.2, 0.25) is 0 Å². The summed E-state index contributed by atoms with van der Waals surface area (Å²) in [6, 6.07) is 2.48. The zero-order valence-corrected chi connectivity index (χ0v) is 13.6. The molecule has 1 aliphatic rings. The Bertz CT molecular complexity index is 522. The SMILES string of the molecule is C=CNCC(C)[C@@H](C)NN/C=C(\C=C)c1cc2n(n1)CCC2. The molecule has 0 bridgehead atoms. The average Bonchev–Trinajstić information content (AvgIpc) is 3.10. The van der Waals surface area contributed by atoms with E-state index in [4.69, 9.17) is 0 Å². The number of hydrogen-bond acceptors (Lipinski definition) is 4. The first kappa shape index (κ1) is 16.4. The molecule has 1 unspecified atom stereocenters. The first-order valence-electron chi connectivity index (χ1n) is 7.90. The predicted molar refractivity (Wildman–Crippen MR) is 91.8 cm³/mol. The van der Waals surface area contributed by atoms with Crippen molar-refractivity contribution >= 4 is 5.57 Å². The first-order chi connectivity index (χ1) is 10.7. The molecule has 1 aromatic heterocycles. The summed E-state index contributed by atoms with van der Waals surface area (Å²) >= 11 is 0. The van der Waals surface area contributed by atoms with Gasteiger partial charge >= 0.3 is 0 Å². The lowest BCUT2D eigenvalue weighted by atomic mass is 10.1. The molecule has 0 saturated heterocycles. The zero-order chi connectivity index (χ0) is 15.9. The number of rotatable bonds is 9. The molecule has 5 heteroatoms. The Balaban J connectivity index is 1.89. The van der Waals surface area contributed by atoms with Crippen LogP contribution in [0.25, 0.3) is 5.57 Å². The fourth-order valence-electron chi connectivity index (χ4n) is 2.48. The Kier molecular flexibility index (Phi) is 5.83. The minimum absolute atomic E-state index is 0.321. The Hall–Kier alpha value is -2.01. The normalized spacial score (nSPS) is 16.7. The van der Waals surface area contributed by atoms with Gasteiger partial charge in [0.2, 0.25) is 0 Å². The summed E-state index contributed by atoms with van der Waals surface area (Å²) in [6.07, 6.45) is 7.80. The number of nitrogens with zero attached hydrogens (tertiary/aromatic N) is 2. The molecule has 0 radical (unpaired) electrons. The number of allylic oxidation sites excluding steroid dienone is 2. The smallest absolute Gasteiger partial charge is 0.0940 e. The lowest BCUT2D eigenvalue weighted by Gasteiger charge is -2.21. The van der Waals surface area contributed by atoms with E-state index in [-0.39, 0.29) is 0 Å². The summed E-state index contributed by atoms with van der Waals surface area (Å²) in [7, 11) is 0. The maximum Gasteiger partial charge on any atom is 0.0940 e. The summed E-state index contributed by atoms with van der Waals surface area (Å²) in [4.78, 5) is 0. The Morgan fingerprint density at radius 3 is 2.95 bits per heavy atom. The van der Waals surface area contributed by atoms with Gasteiger partial charge in [-0.25, -0.2) is 5.43 Å². The molecular formula is C17H27N5. The minimum atomic E-state index is 0.321. The van der Waals surface area contributed by atoms with Crippen molar-refractivity contribution in [2.75, 3.05) is 6.54 Å². The maximum atomic E-state index is 4.62. The third kappa shape index (κ3) is 4.01.